The first-order valence-corrected chi connectivity index (χ1v) is 12.0. The highest BCUT2D eigenvalue weighted by atomic mass is 35.5. The van der Waals surface area contributed by atoms with Crippen molar-refractivity contribution in [3.63, 3.8) is 0 Å². The molecule has 0 spiro atoms. The quantitative estimate of drug-likeness (QED) is 0.379. The van der Waals surface area contributed by atoms with E-state index in [4.69, 9.17) is 16.6 Å². The number of hydrogen-bond acceptors (Lipinski definition) is 5. The molecule has 1 atom stereocenters. The van der Waals surface area contributed by atoms with Gasteiger partial charge in [-0.25, -0.2) is 9.97 Å². The van der Waals surface area contributed by atoms with Crippen molar-refractivity contribution in [2.45, 2.75) is 25.9 Å². The summed E-state index contributed by atoms with van der Waals surface area (Å²) in [5.41, 5.74) is 1.71. The first kappa shape index (κ1) is 24.6. The van der Waals surface area contributed by atoms with Gasteiger partial charge >= 0.3 is 0 Å². The van der Waals surface area contributed by atoms with Gasteiger partial charge in [0.15, 0.2) is 5.65 Å². The Morgan fingerprint density at radius 1 is 1.09 bits per heavy atom. The van der Waals surface area contributed by atoms with Crippen LogP contribution in [-0.4, -0.2) is 45.5 Å². The minimum Gasteiger partial charge on any atom is -0.327 e. The molecule has 0 saturated heterocycles. The number of halogens is 1. The molecule has 0 aliphatic rings. The van der Waals surface area contributed by atoms with Crippen molar-refractivity contribution in [2.24, 2.45) is 0 Å². The fourth-order valence-corrected chi connectivity index (χ4v) is 4.30. The zero-order valence-electron chi connectivity index (χ0n) is 19.8. The Balaban J connectivity index is 1.86. The van der Waals surface area contributed by atoms with Gasteiger partial charge in [0.1, 0.15) is 5.82 Å². The van der Waals surface area contributed by atoms with Gasteiger partial charge < -0.3 is 10.2 Å². The summed E-state index contributed by atoms with van der Waals surface area (Å²) < 4.78 is 1.68. The molecule has 4 rings (SSSR count). The van der Waals surface area contributed by atoms with Crippen LogP contribution in [0.25, 0.3) is 11.0 Å². The van der Waals surface area contributed by atoms with E-state index < -0.39 is 6.04 Å². The molecule has 8 heteroatoms. The molecule has 2 aromatic heterocycles. The van der Waals surface area contributed by atoms with Gasteiger partial charge in [0.25, 0.3) is 11.5 Å². The van der Waals surface area contributed by atoms with Gasteiger partial charge in [-0.15, -0.1) is 0 Å². The maximum atomic E-state index is 13.7. The lowest BCUT2D eigenvalue weighted by Gasteiger charge is -2.32. The Morgan fingerprint density at radius 3 is 2.51 bits per heavy atom. The summed E-state index contributed by atoms with van der Waals surface area (Å²) in [4.78, 5) is 38.3. The average molecular weight is 490 g/mol. The molecular weight excluding hydrogens is 462 g/mol. The Kier molecular flexibility index (Phi) is 7.90. The van der Waals surface area contributed by atoms with E-state index in [0.717, 1.165) is 5.56 Å². The Morgan fingerprint density at radius 2 is 1.83 bits per heavy atom. The van der Waals surface area contributed by atoms with Crippen LogP contribution in [0, 0.1) is 0 Å². The molecule has 0 radical (unpaired) electrons. The molecular formula is C27H28ClN5O2. The normalized spacial score (nSPS) is 12.0. The number of nitrogens with zero attached hydrogens (tertiary/aromatic N) is 4. The number of amides is 1. The van der Waals surface area contributed by atoms with Crippen LogP contribution in [0.15, 0.2) is 77.7 Å². The summed E-state index contributed by atoms with van der Waals surface area (Å²) in [6.45, 7) is 3.37. The first-order chi connectivity index (χ1) is 17.0. The topological polar surface area (TPSA) is 80.1 Å². The van der Waals surface area contributed by atoms with E-state index in [1.54, 1.807) is 52.1 Å². The SMILES string of the molecule is CCC(c1nc2ncccc2c(=O)n1Cc1ccccc1)N(CCNC)C(=O)c1ccc(Cl)cc1. The first-order valence-electron chi connectivity index (χ1n) is 11.6. The van der Waals surface area contributed by atoms with Crippen molar-refractivity contribution >= 4 is 28.5 Å². The monoisotopic (exact) mass is 489 g/mol. The maximum Gasteiger partial charge on any atom is 0.263 e. The number of pyridine rings is 1. The number of hydrogen-bond donors (Lipinski definition) is 1. The number of fused-ring (bicyclic) bond motifs is 1. The van der Waals surface area contributed by atoms with Gasteiger partial charge in [-0.3, -0.25) is 14.2 Å². The molecule has 1 amide bonds. The Hall–Kier alpha value is -3.55. The summed E-state index contributed by atoms with van der Waals surface area (Å²) >= 11 is 6.05. The van der Waals surface area contributed by atoms with Crippen LogP contribution in [0.4, 0.5) is 0 Å². The molecule has 0 bridgehead atoms. The van der Waals surface area contributed by atoms with Crippen molar-refractivity contribution in [3.05, 3.63) is 105 Å². The average Bonchev–Trinajstić information content (AvgIpc) is 2.89. The van der Waals surface area contributed by atoms with Crippen LogP contribution >= 0.6 is 11.6 Å². The lowest BCUT2D eigenvalue weighted by molar-refractivity contribution is 0.0660. The maximum absolute atomic E-state index is 13.7. The lowest BCUT2D eigenvalue weighted by atomic mass is 10.1. The molecule has 2 heterocycles. The van der Waals surface area contributed by atoms with E-state index in [1.807, 2.05) is 44.3 Å². The van der Waals surface area contributed by atoms with Gasteiger partial charge in [0, 0.05) is 29.9 Å². The number of likely N-dealkylation sites (N-methyl/N-ethyl adjacent to an activating group) is 1. The predicted molar refractivity (Wildman–Crippen MR) is 139 cm³/mol. The largest absolute Gasteiger partial charge is 0.327 e. The molecule has 7 nitrogen and oxygen atoms in total. The van der Waals surface area contributed by atoms with E-state index in [2.05, 4.69) is 10.3 Å². The summed E-state index contributed by atoms with van der Waals surface area (Å²) in [6.07, 6.45) is 2.20. The highest BCUT2D eigenvalue weighted by Gasteiger charge is 2.29. The second-order valence-electron chi connectivity index (χ2n) is 8.25. The van der Waals surface area contributed by atoms with Crippen molar-refractivity contribution in [2.75, 3.05) is 20.1 Å². The van der Waals surface area contributed by atoms with Crippen LogP contribution in [-0.2, 0) is 6.54 Å². The van der Waals surface area contributed by atoms with Crippen molar-refractivity contribution < 1.29 is 4.79 Å². The van der Waals surface area contributed by atoms with Gasteiger partial charge in [-0.2, -0.15) is 0 Å². The third-order valence-electron chi connectivity index (χ3n) is 5.96. The molecule has 2 aromatic carbocycles. The van der Waals surface area contributed by atoms with Gasteiger partial charge in [0.05, 0.1) is 18.0 Å². The highest BCUT2D eigenvalue weighted by molar-refractivity contribution is 6.30. The molecule has 4 aromatic rings. The standard InChI is InChI=1S/C27H28ClN5O2/c1-3-23(32(17-16-29-2)26(34)20-11-13-21(28)14-12-20)25-31-24-22(10-7-15-30-24)27(35)33(25)18-19-8-5-4-6-9-19/h4-15,23,29H,3,16-18H2,1-2H3. The van der Waals surface area contributed by atoms with Crippen molar-refractivity contribution in [3.8, 4) is 0 Å². The predicted octanol–water partition coefficient (Wildman–Crippen LogP) is 4.31. The zero-order chi connectivity index (χ0) is 24.8. The molecule has 1 unspecified atom stereocenters. The number of aromatic nitrogens is 3. The number of rotatable bonds is 9. The van der Waals surface area contributed by atoms with Crippen molar-refractivity contribution in [1.29, 1.82) is 0 Å². The minimum atomic E-state index is -0.436. The second kappa shape index (κ2) is 11.3. The molecule has 0 saturated carbocycles. The fraction of sp³-hybridized carbons (Fsp3) is 0.259. The van der Waals surface area contributed by atoms with E-state index in [1.165, 1.54) is 0 Å². The molecule has 35 heavy (non-hydrogen) atoms. The molecule has 0 aliphatic heterocycles. The van der Waals surface area contributed by atoms with Crippen LogP contribution in [0.1, 0.15) is 41.1 Å². The fourth-order valence-electron chi connectivity index (χ4n) is 4.18. The summed E-state index contributed by atoms with van der Waals surface area (Å²) in [7, 11) is 1.84. The third-order valence-corrected chi connectivity index (χ3v) is 6.21. The summed E-state index contributed by atoms with van der Waals surface area (Å²) in [6, 6.07) is 19.7. The number of carbonyl (C=O) groups excluding carboxylic acids is 1. The second-order valence-corrected chi connectivity index (χ2v) is 8.69. The molecule has 0 aliphatic carbocycles. The summed E-state index contributed by atoms with van der Waals surface area (Å²) in [5.74, 6) is 0.372. The summed E-state index contributed by atoms with van der Waals surface area (Å²) in [5, 5.41) is 4.14. The van der Waals surface area contributed by atoms with E-state index in [9.17, 15) is 9.59 Å². The molecule has 180 valence electrons. The van der Waals surface area contributed by atoms with Crippen LogP contribution in [0.3, 0.4) is 0 Å². The van der Waals surface area contributed by atoms with E-state index in [0.29, 0.717) is 53.5 Å². The Labute approximate surface area is 209 Å². The number of benzene rings is 2. The van der Waals surface area contributed by atoms with Crippen LogP contribution < -0.4 is 10.9 Å². The van der Waals surface area contributed by atoms with Crippen LogP contribution in [0.5, 0.6) is 0 Å². The van der Waals surface area contributed by atoms with Gasteiger partial charge in [-0.1, -0.05) is 48.9 Å². The van der Waals surface area contributed by atoms with Crippen LogP contribution in [0.2, 0.25) is 5.02 Å². The Bertz CT molecular complexity index is 1360. The third kappa shape index (κ3) is 5.42. The molecule has 0 fully saturated rings. The smallest absolute Gasteiger partial charge is 0.263 e. The van der Waals surface area contributed by atoms with Crippen molar-refractivity contribution in [1.82, 2.24) is 24.8 Å². The highest BCUT2D eigenvalue weighted by Crippen LogP contribution is 2.26. The lowest BCUT2D eigenvalue weighted by Crippen LogP contribution is -2.42. The number of carbonyl (C=O) groups is 1. The minimum absolute atomic E-state index is 0.148. The number of nitrogens with one attached hydrogen (secondary N) is 1. The van der Waals surface area contributed by atoms with E-state index >= 15 is 0 Å². The zero-order valence-corrected chi connectivity index (χ0v) is 20.6. The van der Waals surface area contributed by atoms with Gasteiger partial charge in [0.2, 0.25) is 0 Å². The van der Waals surface area contributed by atoms with Gasteiger partial charge in [-0.05, 0) is 55.4 Å². The molecule has 1 N–H and O–H groups in total. The van der Waals surface area contributed by atoms with E-state index in [-0.39, 0.29) is 11.5 Å².